The van der Waals surface area contributed by atoms with Crippen LogP contribution in [0.1, 0.15) is 39.0 Å². The lowest BCUT2D eigenvalue weighted by atomic mass is 9.75. The Labute approximate surface area is 84.7 Å². The maximum atomic E-state index is 3.19. The van der Waals surface area contributed by atoms with Gasteiger partial charge in [0.2, 0.25) is 0 Å². The van der Waals surface area contributed by atoms with Crippen LogP contribution in [0, 0.1) is 5.41 Å². The molecule has 1 N–H and O–H groups in total. The molecule has 0 aromatic rings. The summed E-state index contributed by atoms with van der Waals surface area (Å²) in [4.78, 5) is 1.52. The Bertz CT molecular complexity index is 236. The molecule has 0 radical (unpaired) electrons. The number of allylic oxidation sites excluding steroid dienone is 1. The van der Waals surface area contributed by atoms with Crippen molar-refractivity contribution in [3.8, 4) is 0 Å². The number of hydrogen-bond donors (Lipinski definition) is 1. The van der Waals surface area contributed by atoms with Crippen LogP contribution in [0.3, 0.4) is 0 Å². The molecule has 1 aliphatic carbocycles. The van der Waals surface area contributed by atoms with E-state index in [4.69, 9.17) is 0 Å². The molecule has 72 valence electrons. The van der Waals surface area contributed by atoms with Gasteiger partial charge in [-0.3, -0.25) is 0 Å². The molecule has 1 nitrogen and oxygen atoms in total. The third-order valence-electron chi connectivity index (χ3n) is 3.13. The molecule has 0 amide bonds. The number of nitrogens with one attached hydrogen (secondary N) is 1. The van der Waals surface area contributed by atoms with Crippen LogP contribution >= 0.6 is 11.8 Å². The Morgan fingerprint density at radius 2 is 2.08 bits per heavy atom. The summed E-state index contributed by atoms with van der Waals surface area (Å²) >= 11 is 1.89. The van der Waals surface area contributed by atoms with Crippen LogP contribution in [0.15, 0.2) is 22.7 Å². The molecule has 13 heavy (non-hydrogen) atoms. The van der Waals surface area contributed by atoms with Crippen molar-refractivity contribution < 1.29 is 0 Å². The molecule has 0 spiro atoms. The Kier molecular flexibility index (Phi) is 2.68. The van der Waals surface area contributed by atoms with Gasteiger partial charge in [0.15, 0.2) is 0 Å². The van der Waals surface area contributed by atoms with Crippen molar-refractivity contribution in [3.05, 3.63) is 22.7 Å². The summed E-state index contributed by atoms with van der Waals surface area (Å²) in [7, 11) is 0. The molecular formula is C11H17NS. The van der Waals surface area contributed by atoms with E-state index in [1.54, 1.807) is 0 Å². The van der Waals surface area contributed by atoms with Crippen LogP contribution in [0.25, 0.3) is 0 Å². The molecule has 1 heterocycles. The summed E-state index contributed by atoms with van der Waals surface area (Å²) in [5, 5.41) is 5.34. The SMILES string of the molecule is CC1(C2=CNC=CS2)CCCCC1. The molecule has 0 unspecified atom stereocenters. The van der Waals surface area contributed by atoms with E-state index in [1.165, 1.54) is 37.0 Å². The van der Waals surface area contributed by atoms with E-state index in [0.717, 1.165) is 0 Å². The van der Waals surface area contributed by atoms with E-state index >= 15 is 0 Å². The van der Waals surface area contributed by atoms with Crippen LogP contribution < -0.4 is 5.32 Å². The normalized spacial score (nSPS) is 26.4. The minimum atomic E-state index is 0.459. The summed E-state index contributed by atoms with van der Waals surface area (Å²) in [5.74, 6) is 0. The average molecular weight is 195 g/mol. The molecule has 0 saturated heterocycles. The highest BCUT2D eigenvalue weighted by atomic mass is 32.2. The van der Waals surface area contributed by atoms with Gasteiger partial charge in [0.05, 0.1) is 0 Å². The second-order valence-corrected chi connectivity index (χ2v) is 5.16. The van der Waals surface area contributed by atoms with Gasteiger partial charge < -0.3 is 5.32 Å². The molecular weight excluding hydrogens is 178 g/mol. The van der Waals surface area contributed by atoms with Gasteiger partial charge in [-0.1, -0.05) is 37.9 Å². The maximum Gasteiger partial charge on any atom is 0.0111 e. The first-order chi connectivity index (χ1) is 6.31. The Balaban J connectivity index is 2.08. The third-order valence-corrected chi connectivity index (χ3v) is 4.26. The first kappa shape index (κ1) is 9.20. The first-order valence-corrected chi connectivity index (χ1v) is 5.98. The minimum absolute atomic E-state index is 0.459. The number of hydrogen-bond acceptors (Lipinski definition) is 2. The fourth-order valence-electron chi connectivity index (χ4n) is 2.20. The Morgan fingerprint density at radius 1 is 1.31 bits per heavy atom. The standard InChI is InChI=1S/C11H17NS/c1-11(5-3-2-4-6-11)10-9-12-7-8-13-10/h7-9,12H,2-6H2,1H3. The fourth-order valence-corrected chi connectivity index (χ4v) is 3.12. The van der Waals surface area contributed by atoms with E-state index in [2.05, 4.69) is 23.8 Å². The monoisotopic (exact) mass is 195 g/mol. The zero-order chi connectivity index (χ0) is 9.15. The van der Waals surface area contributed by atoms with Crippen molar-refractivity contribution in [1.29, 1.82) is 0 Å². The van der Waals surface area contributed by atoms with Gasteiger partial charge in [0, 0.05) is 22.7 Å². The lowest BCUT2D eigenvalue weighted by molar-refractivity contribution is 0.280. The van der Waals surface area contributed by atoms with E-state index in [-0.39, 0.29) is 0 Å². The van der Waals surface area contributed by atoms with Gasteiger partial charge in [-0.15, -0.1) is 0 Å². The number of thioether (sulfide) groups is 1. The Hall–Kier alpha value is -0.370. The molecule has 0 atom stereocenters. The zero-order valence-corrected chi connectivity index (χ0v) is 8.99. The van der Waals surface area contributed by atoms with Crippen molar-refractivity contribution in [3.63, 3.8) is 0 Å². The van der Waals surface area contributed by atoms with Crippen LogP contribution in [-0.2, 0) is 0 Å². The Morgan fingerprint density at radius 3 is 2.69 bits per heavy atom. The predicted octanol–water partition coefficient (Wildman–Crippen LogP) is 3.61. The van der Waals surface area contributed by atoms with Crippen LogP contribution in [0.2, 0.25) is 0 Å². The summed E-state index contributed by atoms with van der Waals surface area (Å²) < 4.78 is 0. The molecule has 2 aliphatic rings. The number of rotatable bonds is 1. The van der Waals surface area contributed by atoms with Crippen molar-refractivity contribution in [2.75, 3.05) is 0 Å². The van der Waals surface area contributed by atoms with Crippen molar-refractivity contribution >= 4 is 11.8 Å². The molecule has 1 aliphatic heterocycles. The summed E-state index contributed by atoms with van der Waals surface area (Å²) in [5.41, 5.74) is 0.459. The van der Waals surface area contributed by atoms with Crippen LogP contribution in [-0.4, -0.2) is 0 Å². The quantitative estimate of drug-likeness (QED) is 0.686. The van der Waals surface area contributed by atoms with Crippen molar-refractivity contribution in [2.45, 2.75) is 39.0 Å². The lowest BCUT2D eigenvalue weighted by Gasteiger charge is -2.35. The minimum Gasteiger partial charge on any atom is -0.366 e. The van der Waals surface area contributed by atoms with Crippen LogP contribution in [0.5, 0.6) is 0 Å². The smallest absolute Gasteiger partial charge is 0.0111 e. The van der Waals surface area contributed by atoms with Crippen molar-refractivity contribution in [1.82, 2.24) is 5.32 Å². The summed E-state index contributed by atoms with van der Waals surface area (Å²) in [6.07, 6.45) is 11.1. The highest BCUT2D eigenvalue weighted by Gasteiger charge is 2.31. The maximum absolute atomic E-state index is 3.19. The summed E-state index contributed by atoms with van der Waals surface area (Å²) in [6.45, 7) is 2.41. The van der Waals surface area contributed by atoms with E-state index in [9.17, 15) is 0 Å². The van der Waals surface area contributed by atoms with Crippen LogP contribution in [0.4, 0.5) is 0 Å². The second kappa shape index (κ2) is 3.79. The topological polar surface area (TPSA) is 12.0 Å². The van der Waals surface area contributed by atoms with Gasteiger partial charge in [-0.2, -0.15) is 0 Å². The van der Waals surface area contributed by atoms with E-state index in [0.29, 0.717) is 5.41 Å². The lowest BCUT2D eigenvalue weighted by Crippen LogP contribution is -2.23. The van der Waals surface area contributed by atoms with Gasteiger partial charge in [-0.25, -0.2) is 0 Å². The van der Waals surface area contributed by atoms with Gasteiger partial charge in [-0.05, 0) is 18.2 Å². The van der Waals surface area contributed by atoms with E-state index < -0.39 is 0 Å². The molecule has 0 bridgehead atoms. The third kappa shape index (κ3) is 1.93. The predicted molar refractivity (Wildman–Crippen MR) is 59.1 cm³/mol. The summed E-state index contributed by atoms with van der Waals surface area (Å²) in [6, 6.07) is 0. The molecule has 1 saturated carbocycles. The zero-order valence-electron chi connectivity index (χ0n) is 8.18. The van der Waals surface area contributed by atoms with Gasteiger partial charge in [0.25, 0.3) is 0 Å². The molecule has 1 fully saturated rings. The largest absolute Gasteiger partial charge is 0.366 e. The molecule has 0 aromatic heterocycles. The highest BCUT2D eigenvalue weighted by Crippen LogP contribution is 2.47. The molecule has 2 rings (SSSR count). The molecule has 0 aromatic carbocycles. The van der Waals surface area contributed by atoms with Gasteiger partial charge in [0.1, 0.15) is 0 Å². The fraction of sp³-hybridized carbons (Fsp3) is 0.636. The van der Waals surface area contributed by atoms with Crippen molar-refractivity contribution in [2.24, 2.45) is 5.41 Å². The van der Waals surface area contributed by atoms with Gasteiger partial charge >= 0.3 is 0 Å². The highest BCUT2D eigenvalue weighted by molar-refractivity contribution is 8.05. The average Bonchev–Trinajstić information content (AvgIpc) is 2.20. The molecule has 2 heteroatoms. The second-order valence-electron chi connectivity index (χ2n) is 4.22. The first-order valence-electron chi connectivity index (χ1n) is 5.10. The van der Waals surface area contributed by atoms with E-state index in [1.807, 2.05) is 18.0 Å².